The number of aromatic amines is 1. The first-order valence-corrected chi connectivity index (χ1v) is 11.8. The molecule has 4 rings (SSSR count). The lowest BCUT2D eigenvalue weighted by molar-refractivity contribution is -0.123. The second kappa shape index (κ2) is 10.5. The van der Waals surface area contributed by atoms with Gasteiger partial charge < -0.3 is 20.5 Å². The molecule has 6 nitrogen and oxygen atoms in total. The summed E-state index contributed by atoms with van der Waals surface area (Å²) in [5, 5.41) is 8.89. The maximum Gasteiger partial charge on any atom is 0.262 e. The monoisotopic (exact) mass is 460 g/mol. The highest BCUT2D eigenvalue weighted by atomic mass is 32.1. The molecule has 4 aromatic rings. The molecular formula is C26H28N4O2S. The Morgan fingerprint density at radius 2 is 1.73 bits per heavy atom. The van der Waals surface area contributed by atoms with E-state index in [4.69, 9.17) is 0 Å². The number of nitrogens with zero attached hydrogens (tertiary/aromatic N) is 1. The topological polar surface area (TPSA) is 77.2 Å². The van der Waals surface area contributed by atoms with Crippen molar-refractivity contribution in [1.82, 2.24) is 20.5 Å². The van der Waals surface area contributed by atoms with Gasteiger partial charge in [-0.25, -0.2) is 0 Å². The van der Waals surface area contributed by atoms with Crippen LogP contribution >= 0.6 is 11.3 Å². The van der Waals surface area contributed by atoms with E-state index in [0.29, 0.717) is 17.8 Å². The Bertz CT molecular complexity index is 1230. The van der Waals surface area contributed by atoms with E-state index in [0.717, 1.165) is 28.6 Å². The zero-order chi connectivity index (χ0) is 23.2. The van der Waals surface area contributed by atoms with Crippen LogP contribution in [-0.4, -0.2) is 41.8 Å². The molecule has 0 aliphatic rings. The third-order valence-corrected chi connectivity index (χ3v) is 6.39. The summed E-state index contributed by atoms with van der Waals surface area (Å²) in [4.78, 5) is 32.0. The molecule has 0 saturated heterocycles. The van der Waals surface area contributed by atoms with Gasteiger partial charge in [0.2, 0.25) is 5.91 Å². The number of nitrogens with one attached hydrogen (secondary N) is 3. The maximum absolute atomic E-state index is 13.3. The number of para-hydroxylation sites is 1. The van der Waals surface area contributed by atoms with E-state index in [2.05, 4.69) is 26.6 Å². The van der Waals surface area contributed by atoms with E-state index < -0.39 is 6.04 Å². The number of rotatable bonds is 9. The molecule has 0 bridgehead atoms. The van der Waals surface area contributed by atoms with E-state index in [9.17, 15) is 9.59 Å². The summed E-state index contributed by atoms with van der Waals surface area (Å²) >= 11 is 1.36. The van der Waals surface area contributed by atoms with Crippen molar-refractivity contribution < 1.29 is 9.59 Å². The first-order valence-electron chi connectivity index (χ1n) is 10.9. The summed E-state index contributed by atoms with van der Waals surface area (Å²) in [7, 11) is 4.04. The van der Waals surface area contributed by atoms with Crippen molar-refractivity contribution >= 4 is 34.1 Å². The van der Waals surface area contributed by atoms with Crippen molar-refractivity contribution in [3.05, 3.63) is 93.8 Å². The van der Waals surface area contributed by atoms with Crippen LogP contribution in [-0.2, 0) is 24.3 Å². The van der Waals surface area contributed by atoms with Gasteiger partial charge in [-0.05, 0) is 48.3 Å². The molecule has 7 heteroatoms. The van der Waals surface area contributed by atoms with E-state index in [1.165, 1.54) is 16.9 Å². The fraction of sp³-hybridized carbons (Fsp3) is 0.231. The van der Waals surface area contributed by atoms with Crippen molar-refractivity contribution in [3.8, 4) is 0 Å². The molecule has 2 amide bonds. The van der Waals surface area contributed by atoms with Crippen LogP contribution in [0.4, 0.5) is 0 Å². The number of H-pyrrole nitrogens is 1. The Balaban J connectivity index is 1.52. The van der Waals surface area contributed by atoms with Gasteiger partial charge in [0.1, 0.15) is 6.04 Å². The van der Waals surface area contributed by atoms with Crippen LogP contribution in [0, 0.1) is 0 Å². The zero-order valence-corrected chi connectivity index (χ0v) is 19.6. The number of hydrogen-bond acceptors (Lipinski definition) is 4. The van der Waals surface area contributed by atoms with Crippen molar-refractivity contribution in [3.63, 3.8) is 0 Å². The van der Waals surface area contributed by atoms with Crippen LogP contribution in [0.25, 0.3) is 10.9 Å². The molecule has 0 aliphatic heterocycles. The molecule has 33 heavy (non-hydrogen) atoms. The summed E-state index contributed by atoms with van der Waals surface area (Å²) in [5.74, 6) is -0.442. The maximum atomic E-state index is 13.3. The lowest BCUT2D eigenvalue weighted by Gasteiger charge is -2.19. The Labute approximate surface area is 197 Å². The largest absolute Gasteiger partial charge is 0.361 e. The fourth-order valence-corrected chi connectivity index (χ4v) is 4.52. The molecule has 0 aliphatic carbocycles. The molecule has 1 atom stereocenters. The molecular weight excluding hydrogens is 432 g/mol. The van der Waals surface area contributed by atoms with Gasteiger partial charge >= 0.3 is 0 Å². The average molecular weight is 461 g/mol. The van der Waals surface area contributed by atoms with Crippen LogP contribution in [0.2, 0.25) is 0 Å². The van der Waals surface area contributed by atoms with Gasteiger partial charge in [0.05, 0.1) is 4.88 Å². The molecule has 0 fully saturated rings. The second-order valence-electron chi connectivity index (χ2n) is 8.29. The van der Waals surface area contributed by atoms with Gasteiger partial charge in [-0.15, -0.1) is 11.3 Å². The molecule has 170 valence electrons. The number of carbonyl (C=O) groups excluding carboxylic acids is 2. The molecule has 0 unspecified atom stereocenters. The predicted molar refractivity (Wildman–Crippen MR) is 133 cm³/mol. The highest BCUT2D eigenvalue weighted by molar-refractivity contribution is 7.12. The van der Waals surface area contributed by atoms with Crippen LogP contribution < -0.4 is 10.6 Å². The van der Waals surface area contributed by atoms with E-state index in [1.807, 2.05) is 74.2 Å². The first kappa shape index (κ1) is 22.8. The standard InChI is InChI=1S/C26H28N4O2S/c1-30(2)17-19-9-4-3-8-18(19)15-28-25(31)23(29-26(32)24-12-7-13-33-24)14-20-16-27-22-11-6-5-10-21(20)22/h3-13,16,23,27H,14-15,17H2,1-2H3,(H,28,31)(H,29,32)/t23-/m0/s1. The number of hydrogen-bond donors (Lipinski definition) is 3. The molecule has 2 heterocycles. The number of benzene rings is 2. The number of carbonyl (C=O) groups is 2. The van der Waals surface area contributed by atoms with Gasteiger partial charge in [0, 0.05) is 36.6 Å². The lowest BCUT2D eigenvalue weighted by atomic mass is 10.0. The third-order valence-electron chi connectivity index (χ3n) is 5.52. The van der Waals surface area contributed by atoms with Crippen molar-refractivity contribution in [2.24, 2.45) is 0 Å². The summed E-state index contributed by atoms with van der Waals surface area (Å²) < 4.78 is 0. The lowest BCUT2D eigenvalue weighted by Crippen LogP contribution is -2.47. The summed E-state index contributed by atoms with van der Waals surface area (Å²) in [6.45, 7) is 1.20. The third kappa shape index (κ3) is 5.69. The Morgan fingerprint density at radius 3 is 2.48 bits per heavy atom. The highest BCUT2D eigenvalue weighted by Crippen LogP contribution is 2.20. The number of fused-ring (bicyclic) bond motifs is 1. The van der Waals surface area contributed by atoms with Gasteiger partial charge in [0.25, 0.3) is 5.91 Å². The molecule has 3 N–H and O–H groups in total. The predicted octanol–water partition coefficient (Wildman–Crippen LogP) is 3.95. The molecule has 2 aromatic heterocycles. The minimum absolute atomic E-state index is 0.204. The Kier molecular flexibility index (Phi) is 7.22. The number of aromatic nitrogens is 1. The molecule has 0 radical (unpaired) electrons. The molecule has 0 saturated carbocycles. The van der Waals surface area contributed by atoms with E-state index >= 15 is 0 Å². The molecule has 0 spiro atoms. The van der Waals surface area contributed by atoms with Gasteiger partial charge in [0.15, 0.2) is 0 Å². The normalized spacial score (nSPS) is 12.1. The fourth-order valence-electron chi connectivity index (χ4n) is 3.90. The minimum Gasteiger partial charge on any atom is -0.361 e. The Hall–Kier alpha value is -3.42. The zero-order valence-electron chi connectivity index (χ0n) is 18.8. The number of thiophene rings is 1. The van der Waals surface area contributed by atoms with Crippen molar-refractivity contribution in [2.75, 3.05) is 14.1 Å². The molecule has 2 aromatic carbocycles. The van der Waals surface area contributed by atoms with Gasteiger partial charge in [-0.2, -0.15) is 0 Å². The first-order chi connectivity index (χ1) is 16.0. The number of amides is 2. The smallest absolute Gasteiger partial charge is 0.262 e. The van der Waals surface area contributed by atoms with Crippen LogP contribution in [0.5, 0.6) is 0 Å². The van der Waals surface area contributed by atoms with Crippen LogP contribution in [0.1, 0.15) is 26.4 Å². The van der Waals surface area contributed by atoms with Gasteiger partial charge in [-0.1, -0.05) is 48.5 Å². The van der Waals surface area contributed by atoms with E-state index in [-0.39, 0.29) is 11.8 Å². The van der Waals surface area contributed by atoms with Crippen molar-refractivity contribution in [1.29, 1.82) is 0 Å². The summed E-state index contributed by atoms with van der Waals surface area (Å²) in [6.07, 6.45) is 2.31. The van der Waals surface area contributed by atoms with Crippen LogP contribution in [0.3, 0.4) is 0 Å². The average Bonchev–Trinajstić information content (AvgIpc) is 3.48. The van der Waals surface area contributed by atoms with E-state index in [1.54, 1.807) is 6.07 Å². The minimum atomic E-state index is -0.695. The summed E-state index contributed by atoms with van der Waals surface area (Å²) in [6, 6.07) is 18.9. The summed E-state index contributed by atoms with van der Waals surface area (Å²) in [5.41, 5.74) is 4.23. The Morgan fingerprint density at radius 1 is 0.970 bits per heavy atom. The van der Waals surface area contributed by atoms with Crippen LogP contribution in [0.15, 0.2) is 72.2 Å². The second-order valence-corrected chi connectivity index (χ2v) is 9.24. The van der Waals surface area contributed by atoms with Crippen molar-refractivity contribution in [2.45, 2.75) is 25.6 Å². The quantitative estimate of drug-likeness (QED) is 0.354. The van der Waals surface area contributed by atoms with Gasteiger partial charge in [-0.3, -0.25) is 9.59 Å². The highest BCUT2D eigenvalue weighted by Gasteiger charge is 2.23. The SMILES string of the molecule is CN(C)Cc1ccccc1CNC(=O)[C@H](Cc1c[nH]c2ccccc12)NC(=O)c1cccs1.